The summed E-state index contributed by atoms with van der Waals surface area (Å²) in [6, 6.07) is 12.9. The van der Waals surface area contributed by atoms with Crippen LogP contribution in [-0.4, -0.2) is 54.8 Å². The number of carbonyl (C=O) groups excluding carboxylic acids is 3. The molecule has 0 saturated carbocycles. The molecule has 2 heterocycles. The molecular formula is C21H19ClN2O4. The molecule has 0 radical (unpaired) electrons. The third-order valence-electron chi connectivity index (χ3n) is 5.09. The molecule has 2 aromatic carbocycles. The Morgan fingerprint density at radius 3 is 2.46 bits per heavy atom. The highest BCUT2D eigenvalue weighted by molar-refractivity contribution is 6.32. The number of rotatable bonds is 4. The van der Waals surface area contributed by atoms with Gasteiger partial charge in [0, 0.05) is 29.2 Å². The summed E-state index contributed by atoms with van der Waals surface area (Å²) in [5.74, 6) is -0.907. The lowest BCUT2D eigenvalue weighted by Crippen LogP contribution is -2.47. The molecule has 0 aliphatic carbocycles. The molecule has 0 unspecified atom stereocenters. The fourth-order valence-electron chi connectivity index (χ4n) is 3.67. The van der Waals surface area contributed by atoms with Gasteiger partial charge in [0.15, 0.2) is 5.78 Å². The molecule has 0 N–H and O–H groups in total. The van der Waals surface area contributed by atoms with Crippen molar-refractivity contribution in [3.8, 4) is 0 Å². The molecule has 28 heavy (non-hydrogen) atoms. The van der Waals surface area contributed by atoms with Crippen LogP contribution in [0.3, 0.4) is 0 Å². The van der Waals surface area contributed by atoms with E-state index in [1.165, 1.54) is 6.07 Å². The summed E-state index contributed by atoms with van der Waals surface area (Å²) >= 11 is 6.12. The minimum atomic E-state index is -0.522. The van der Waals surface area contributed by atoms with Gasteiger partial charge < -0.3 is 4.74 Å². The van der Waals surface area contributed by atoms with Crippen LogP contribution in [0.5, 0.6) is 0 Å². The smallest absolute Gasteiger partial charge is 0.251 e. The predicted octanol–water partition coefficient (Wildman–Crippen LogP) is 2.54. The van der Waals surface area contributed by atoms with Crippen LogP contribution in [0.4, 0.5) is 5.69 Å². The van der Waals surface area contributed by atoms with Gasteiger partial charge in [0.2, 0.25) is 5.91 Å². The van der Waals surface area contributed by atoms with E-state index in [0.29, 0.717) is 36.9 Å². The second-order valence-electron chi connectivity index (χ2n) is 6.79. The lowest BCUT2D eigenvalue weighted by Gasteiger charge is -2.30. The minimum absolute atomic E-state index is 0.0976. The van der Waals surface area contributed by atoms with Gasteiger partial charge in [-0.2, -0.15) is 0 Å². The number of amides is 2. The molecule has 2 saturated heterocycles. The Balaban J connectivity index is 1.70. The number of anilines is 1. The Morgan fingerprint density at radius 1 is 1.04 bits per heavy atom. The molecule has 2 aliphatic heterocycles. The van der Waals surface area contributed by atoms with E-state index < -0.39 is 6.04 Å². The number of ketones is 1. The van der Waals surface area contributed by atoms with Crippen LogP contribution in [-0.2, 0) is 14.3 Å². The monoisotopic (exact) mass is 398 g/mol. The van der Waals surface area contributed by atoms with Crippen LogP contribution in [0.1, 0.15) is 22.3 Å². The predicted molar refractivity (Wildman–Crippen MR) is 105 cm³/mol. The Labute approximate surface area is 167 Å². The fourth-order valence-corrected chi connectivity index (χ4v) is 3.85. The van der Waals surface area contributed by atoms with Crippen LogP contribution in [0.15, 0.2) is 48.5 Å². The molecule has 2 aliphatic rings. The lowest BCUT2D eigenvalue weighted by atomic mass is 10.0. The van der Waals surface area contributed by atoms with Gasteiger partial charge in [0.05, 0.1) is 31.4 Å². The summed E-state index contributed by atoms with van der Waals surface area (Å²) in [4.78, 5) is 42.0. The molecule has 0 spiro atoms. The molecular weight excluding hydrogens is 380 g/mol. The molecule has 6 nitrogen and oxygen atoms in total. The molecule has 7 heteroatoms. The summed E-state index contributed by atoms with van der Waals surface area (Å²) in [5.41, 5.74) is 0.988. The molecule has 2 amide bonds. The van der Waals surface area contributed by atoms with Crippen molar-refractivity contribution in [2.24, 2.45) is 0 Å². The van der Waals surface area contributed by atoms with Crippen molar-refractivity contribution in [2.75, 3.05) is 31.2 Å². The zero-order chi connectivity index (χ0) is 19.7. The minimum Gasteiger partial charge on any atom is -0.379 e. The van der Waals surface area contributed by atoms with Gasteiger partial charge >= 0.3 is 0 Å². The van der Waals surface area contributed by atoms with Gasteiger partial charge in [-0.3, -0.25) is 19.3 Å². The van der Waals surface area contributed by atoms with Crippen molar-refractivity contribution >= 4 is 34.9 Å². The number of nitrogens with zero attached hydrogens (tertiary/aromatic N) is 2. The largest absolute Gasteiger partial charge is 0.379 e. The highest BCUT2D eigenvalue weighted by Crippen LogP contribution is 2.32. The topological polar surface area (TPSA) is 66.9 Å². The molecule has 0 bridgehead atoms. The van der Waals surface area contributed by atoms with Crippen molar-refractivity contribution in [2.45, 2.75) is 12.5 Å². The van der Waals surface area contributed by atoms with E-state index >= 15 is 0 Å². The summed E-state index contributed by atoms with van der Waals surface area (Å²) in [6.07, 6.45) is 0.0976. The first-order valence-electron chi connectivity index (χ1n) is 9.14. The number of hydrogen-bond acceptors (Lipinski definition) is 5. The Morgan fingerprint density at radius 2 is 1.75 bits per heavy atom. The van der Waals surface area contributed by atoms with Crippen LogP contribution in [0, 0.1) is 0 Å². The second-order valence-corrected chi connectivity index (χ2v) is 7.23. The first kappa shape index (κ1) is 18.8. The number of hydrogen-bond donors (Lipinski definition) is 0. The molecule has 0 aromatic heterocycles. The Hall–Kier alpha value is -2.54. The zero-order valence-corrected chi connectivity index (χ0v) is 15.9. The first-order valence-corrected chi connectivity index (χ1v) is 9.52. The maximum absolute atomic E-state index is 13.1. The summed E-state index contributed by atoms with van der Waals surface area (Å²) < 4.78 is 5.33. The van der Waals surface area contributed by atoms with Crippen LogP contribution in [0.25, 0.3) is 0 Å². The number of benzene rings is 2. The average molecular weight is 399 g/mol. The van der Waals surface area contributed by atoms with Crippen LogP contribution < -0.4 is 4.90 Å². The SMILES string of the molecule is O=C(c1ccccc1)c1cc(Cl)ccc1N1C(=O)C[C@H](N2CCOCC2)C1=O. The first-order chi connectivity index (χ1) is 13.6. The Bertz CT molecular complexity index is 925. The fraction of sp³-hybridized carbons (Fsp3) is 0.286. The van der Waals surface area contributed by atoms with Gasteiger partial charge in [0.1, 0.15) is 0 Å². The van der Waals surface area contributed by atoms with Crippen molar-refractivity contribution in [3.05, 3.63) is 64.7 Å². The number of imide groups is 1. The highest BCUT2D eigenvalue weighted by atomic mass is 35.5. The van der Waals surface area contributed by atoms with E-state index in [1.54, 1.807) is 36.4 Å². The van der Waals surface area contributed by atoms with Gasteiger partial charge in [-0.05, 0) is 18.2 Å². The van der Waals surface area contributed by atoms with Gasteiger partial charge in [-0.1, -0.05) is 41.9 Å². The third kappa shape index (κ3) is 3.46. The van der Waals surface area contributed by atoms with Crippen molar-refractivity contribution < 1.29 is 19.1 Å². The lowest BCUT2D eigenvalue weighted by molar-refractivity contribution is -0.123. The van der Waals surface area contributed by atoms with Crippen molar-refractivity contribution in [3.63, 3.8) is 0 Å². The highest BCUT2D eigenvalue weighted by Gasteiger charge is 2.44. The van der Waals surface area contributed by atoms with E-state index in [9.17, 15) is 14.4 Å². The normalized spacial score (nSPS) is 20.6. The summed E-state index contributed by atoms with van der Waals surface area (Å²) in [6.45, 7) is 2.29. The summed E-state index contributed by atoms with van der Waals surface area (Å²) in [7, 11) is 0. The van der Waals surface area contributed by atoms with Crippen LogP contribution in [0.2, 0.25) is 5.02 Å². The molecule has 1 atom stereocenters. The van der Waals surface area contributed by atoms with E-state index in [2.05, 4.69) is 0 Å². The molecule has 4 rings (SSSR count). The third-order valence-corrected chi connectivity index (χ3v) is 5.32. The quantitative estimate of drug-likeness (QED) is 0.585. The van der Waals surface area contributed by atoms with Gasteiger partial charge in [-0.15, -0.1) is 0 Å². The van der Waals surface area contributed by atoms with E-state index in [1.807, 2.05) is 11.0 Å². The molecule has 2 aromatic rings. The van der Waals surface area contributed by atoms with Crippen molar-refractivity contribution in [1.82, 2.24) is 4.90 Å². The molecule has 144 valence electrons. The average Bonchev–Trinajstić information content (AvgIpc) is 3.03. The number of morpholine rings is 1. The maximum Gasteiger partial charge on any atom is 0.251 e. The number of halogens is 1. The van der Waals surface area contributed by atoms with E-state index in [4.69, 9.17) is 16.3 Å². The molecule has 2 fully saturated rings. The standard InChI is InChI=1S/C21H19ClN2O4/c22-15-6-7-17(16(12-15)20(26)14-4-2-1-3-5-14)24-19(25)13-18(21(24)27)23-8-10-28-11-9-23/h1-7,12,18H,8-11,13H2/t18-/m0/s1. The van der Waals surface area contributed by atoms with Crippen LogP contribution >= 0.6 is 11.6 Å². The second kappa shape index (κ2) is 7.83. The number of ether oxygens (including phenoxy) is 1. The Kier molecular flexibility index (Phi) is 5.26. The van der Waals surface area contributed by atoms with Gasteiger partial charge in [-0.25, -0.2) is 4.90 Å². The zero-order valence-electron chi connectivity index (χ0n) is 15.1. The summed E-state index contributed by atoms with van der Waals surface area (Å²) in [5, 5.41) is 0.367. The maximum atomic E-state index is 13.1. The van der Waals surface area contributed by atoms with Crippen molar-refractivity contribution in [1.29, 1.82) is 0 Å². The van der Waals surface area contributed by atoms with Gasteiger partial charge in [0.25, 0.3) is 5.91 Å². The van der Waals surface area contributed by atoms with E-state index in [0.717, 1.165) is 4.90 Å². The van der Waals surface area contributed by atoms with E-state index in [-0.39, 0.29) is 35.3 Å². The number of carbonyl (C=O) groups is 3.